The Morgan fingerprint density at radius 2 is 1.76 bits per heavy atom. The number of methoxy groups -OCH3 is 1. The van der Waals surface area contributed by atoms with Crippen LogP contribution < -0.4 is 10.6 Å². The predicted molar refractivity (Wildman–Crippen MR) is 212 cm³/mol. The highest BCUT2D eigenvalue weighted by Crippen LogP contribution is 2.42. The number of rotatable bonds is 7. The Morgan fingerprint density at radius 3 is 2.36 bits per heavy atom. The van der Waals surface area contributed by atoms with Gasteiger partial charge in [-0.1, -0.05) is 81.8 Å². The van der Waals surface area contributed by atoms with Crippen LogP contribution in [0.4, 0.5) is 0 Å². The number of epoxide rings is 1. The Hall–Kier alpha value is -4.04. The van der Waals surface area contributed by atoms with Crippen LogP contribution in [0.2, 0.25) is 0 Å². The summed E-state index contributed by atoms with van der Waals surface area (Å²) in [5.41, 5.74) is -0.824. The van der Waals surface area contributed by atoms with Gasteiger partial charge in [-0.3, -0.25) is 14.4 Å². The SMILES string of the molecule is CCC(C)C1C(=O)NC(Cc2ccc(O)c(Br)c2)C(=O)NC(C(C)(C)O)C(=O)OC(c2ccccc2)C(C)C=CC=C(C)C(OC)CC2OC2(C)C(=O)N1C. The predicted octanol–water partition coefficient (Wildman–Crippen LogP) is 5.31. The number of hydrogen-bond acceptors (Lipinski definition) is 9. The van der Waals surface area contributed by atoms with Gasteiger partial charge in [0.25, 0.3) is 5.91 Å². The standard InChI is InChI=1S/C42H56BrN3O9/c1-10-24(2)34-38(49)44-30(22-27-19-20-31(47)29(43)21-27)37(48)45-36(41(5,6)52)39(50)54-35(28-17-12-11-13-18-28)26(4)16-14-15-25(3)32(53-9)23-33-42(7,55-33)40(51)46(34)8/h11-21,24,26,30,32-36,47,52H,10,22-23H2,1-9H3,(H,44,49)(H,45,48). The normalized spacial score (nSPS) is 29.5. The van der Waals surface area contributed by atoms with Gasteiger partial charge in [0.1, 0.15) is 23.9 Å². The number of likely N-dealkylation sites (N-methyl/N-ethyl adjacent to an activating group) is 1. The molecule has 1 fully saturated rings. The zero-order valence-corrected chi connectivity index (χ0v) is 34.8. The van der Waals surface area contributed by atoms with Crippen LogP contribution in [0, 0.1) is 11.8 Å². The van der Waals surface area contributed by atoms with Gasteiger partial charge in [-0.05, 0) is 78.4 Å². The van der Waals surface area contributed by atoms with Crippen LogP contribution in [-0.4, -0.2) is 94.5 Å². The van der Waals surface area contributed by atoms with Gasteiger partial charge in [0.2, 0.25) is 11.8 Å². The third-order valence-corrected chi connectivity index (χ3v) is 11.3. The third-order valence-electron chi connectivity index (χ3n) is 10.7. The summed E-state index contributed by atoms with van der Waals surface area (Å²) in [6.07, 6.45) is 4.89. The second kappa shape index (κ2) is 18.3. The maximum Gasteiger partial charge on any atom is 0.332 e. The summed E-state index contributed by atoms with van der Waals surface area (Å²) < 4.78 is 18.4. The van der Waals surface area contributed by atoms with E-state index in [-0.39, 0.29) is 36.0 Å². The third kappa shape index (κ3) is 10.6. The molecule has 1 saturated heterocycles. The summed E-state index contributed by atoms with van der Waals surface area (Å²) in [7, 11) is 3.15. The van der Waals surface area contributed by atoms with Crippen LogP contribution >= 0.6 is 15.9 Å². The van der Waals surface area contributed by atoms with Crippen LogP contribution in [0.1, 0.15) is 78.5 Å². The smallest absolute Gasteiger partial charge is 0.332 e. The van der Waals surface area contributed by atoms with Gasteiger partial charge < -0.3 is 40.0 Å². The number of aliphatic hydroxyl groups is 1. The lowest BCUT2D eigenvalue weighted by Gasteiger charge is -2.35. The van der Waals surface area contributed by atoms with Crippen molar-refractivity contribution in [1.29, 1.82) is 0 Å². The van der Waals surface area contributed by atoms with Gasteiger partial charge in [0.05, 0.1) is 22.3 Å². The number of phenols is 1. The van der Waals surface area contributed by atoms with Crippen molar-refractivity contribution in [1.82, 2.24) is 15.5 Å². The Kier molecular flexibility index (Phi) is 14.5. The zero-order valence-electron chi connectivity index (χ0n) is 33.2. The molecule has 55 heavy (non-hydrogen) atoms. The number of nitrogens with zero attached hydrogens (tertiary/aromatic N) is 1. The molecule has 2 aliphatic heterocycles. The number of ether oxygens (including phenoxy) is 3. The summed E-state index contributed by atoms with van der Waals surface area (Å²) >= 11 is 3.31. The Balaban J connectivity index is 1.82. The number of hydrogen-bond donors (Lipinski definition) is 4. The number of aromatic hydroxyl groups is 1. The van der Waals surface area contributed by atoms with Crippen LogP contribution in [0.5, 0.6) is 5.75 Å². The number of fused-ring (bicyclic) bond motifs is 1. The first-order chi connectivity index (χ1) is 25.8. The van der Waals surface area contributed by atoms with Crippen molar-refractivity contribution in [2.24, 2.45) is 11.8 Å². The molecule has 0 aliphatic carbocycles. The Morgan fingerprint density at radius 1 is 1.09 bits per heavy atom. The van der Waals surface area contributed by atoms with E-state index < -0.39 is 59.3 Å². The van der Waals surface area contributed by atoms with E-state index in [9.17, 15) is 29.4 Å². The average Bonchev–Trinajstić information content (AvgIpc) is 3.81. The summed E-state index contributed by atoms with van der Waals surface area (Å²) in [6.45, 7) is 12.1. The quantitative estimate of drug-likeness (QED) is 0.214. The molecule has 2 heterocycles. The van der Waals surface area contributed by atoms with E-state index in [0.717, 1.165) is 5.57 Å². The van der Waals surface area contributed by atoms with Gasteiger partial charge in [0.15, 0.2) is 11.6 Å². The first kappa shape index (κ1) is 43.7. The molecule has 4 rings (SSSR count). The first-order valence-electron chi connectivity index (χ1n) is 18.7. The van der Waals surface area contributed by atoms with Crippen LogP contribution in [0.15, 0.2) is 76.8 Å². The molecule has 9 atom stereocenters. The van der Waals surface area contributed by atoms with Gasteiger partial charge in [-0.25, -0.2) is 4.79 Å². The average molecular weight is 827 g/mol. The maximum absolute atomic E-state index is 14.3. The Bertz CT molecular complexity index is 1760. The molecular formula is C42H56BrN3O9. The fourth-order valence-corrected chi connectivity index (χ4v) is 7.38. The number of esters is 1. The summed E-state index contributed by atoms with van der Waals surface area (Å²) in [6, 6.07) is 10.0. The molecule has 0 radical (unpaired) electrons. The van der Waals surface area contributed by atoms with E-state index in [1.807, 2.05) is 76.3 Å². The molecule has 4 N–H and O–H groups in total. The highest BCUT2D eigenvalue weighted by molar-refractivity contribution is 9.10. The highest BCUT2D eigenvalue weighted by Gasteiger charge is 2.61. The number of benzene rings is 2. The minimum Gasteiger partial charge on any atom is -0.507 e. The fourth-order valence-electron chi connectivity index (χ4n) is 6.95. The van der Waals surface area contributed by atoms with Gasteiger partial charge in [-0.15, -0.1) is 0 Å². The highest BCUT2D eigenvalue weighted by atomic mass is 79.9. The molecule has 2 aliphatic rings. The number of phenolic OH excluding ortho intramolecular Hbond substituents is 1. The van der Waals surface area contributed by atoms with Gasteiger partial charge >= 0.3 is 5.97 Å². The summed E-state index contributed by atoms with van der Waals surface area (Å²) in [4.78, 5) is 58.3. The molecule has 0 bridgehead atoms. The molecule has 3 amide bonds. The molecular weight excluding hydrogens is 770 g/mol. The minimum atomic E-state index is -1.80. The van der Waals surface area contributed by atoms with E-state index >= 15 is 0 Å². The molecule has 2 aromatic carbocycles. The van der Waals surface area contributed by atoms with Crippen molar-refractivity contribution in [3.8, 4) is 5.75 Å². The second-order valence-corrected chi connectivity index (χ2v) is 16.3. The second-order valence-electron chi connectivity index (χ2n) is 15.5. The monoisotopic (exact) mass is 825 g/mol. The first-order valence-corrected chi connectivity index (χ1v) is 19.5. The van der Waals surface area contributed by atoms with Crippen molar-refractivity contribution in [2.75, 3.05) is 14.2 Å². The summed E-state index contributed by atoms with van der Waals surface area (Å²) in [5.74, 6) is -3.31. The van der Waals surface area contributed by atoms with Crippen molar-refractivity contribution in [3.63, 3.8) is 0 Å². The summed E-state index contributed by atoms with van der Waals surface area (Å²) in [5, 5.41) is 27.0. The van der Waals surface area contributed by atoms with Gasteiger partial charge in [0, 0.05) is 32.9 Å². The number of cyclic esters (lactones) is 1. The molecule has 9 unspecified atom stereocenters. The van der Waals surface area contributed by atoms with Crippen molar-refractivity contribution < 1.29 is 43.6 Å². The van der Waals surface area contributed by atoms with E-state index in [0.29, 0.717) is 28.4 Å². The molecule has 0 aromatic heterocycles. The lowest BCUT2D eigenvalue weighted by atomic mass is 9.93. The van der Waals surface area contributed by atoms with E-state index in [4.69, 9.17) is 14.2 Å². The largest absolute Gasteiger partial charge is 0.507 e. The van der Waals surface area contributed by atoms with E-state index in [1.54, 1.807) is 33.2 Å². The lowest BCUT2D eigenvalue weighted by Crippen LogP contribution is -2.61. The number of carbonyl (C=O) groups excluding carboxylic acids is 4. The minimum absolute atomic E-state index is 0.0140. The van der Waals surface area contributed by atoms with Crippen LogP contribution in [0.3, 0.4) is 0 Å². The van der Waals surface area contributed by atoms with E-state index in [1.165, 1.54) is 24.8 Å². The van der Waals surface area contributed by atoms with Crippen molar-refractivity contribution in [3.05, 3.63) is 87.9 Å². The molecule has 0 spiro atoms. The van der Waals surface area contributed by atoms with E-state index in [2.05, 4.69) is 26.6 Å². The number of allylic oxidation sites excluding steroid dienone is 2. The number of halogens is 1. The van der Waals surface area contributed by atoms with Crippen molar-refractivity contribution >= 4 is 39.6 Å². The molecule has 12 nitrogen and oxygen atoms in total. The van der Waals surface area contributed by atoms with Crippen LogP contribution in [0.25, 0.3) is 0 Å². The van der Waals surface area contributed by atoms with Gasteiger partial charge in [-0.2, -0.15) is 0 Å². The molecule has 13 heteroatoms. The fraction of sp³-hybridized carbons (Fsp3) is 0.524. The maximum atomic E-state index is 14.3. The zero-order chi connectivity index (χ0) is 40.8. The van der Waals surface area contributed by atoms with Crippen molar-refractivity contribution in [2.45, 2.75) is 115 Å². The number of carbonyl (C=O) groups is 4. The Labute approximate surface area is 332 Å². The molecule has 2 aromatic rings. The molecule has 300 valence electrons. The number of amides is 3. The lowest BCUT2D eigenvalue weighted by molar-refractivity contribution is -0.162. The topological polar surface area (TPSA) is 167 Å². The number of nitrogens with one attached hydrogen (secondary N) is 2. The van der Waals surface area contributed by atoms with Crippen LogP contribution in [-0.2, 0) is 39.8 Å². The molecule has 0 saturated carbocycles.